The minimum atomic E-state index is -1.37. The van der Waals surface area contributed by atoms with Crippen LogP contribution in [-0.2, 0) is 21.5 Å². The third kappa shape index (κ3) is 4.84. The Morgan fingerprint density at radius 1 is 1.15 bits per heavy atom. The van der Waals surface area contributed by atoms with E-state index in [9.17, 15) is 18.8 Å². The maximum absolute atomic E-state index is 13.3. The van der Waals surface area contributed by atoms with Crippen molar-refractivity contribution in [2.75, 3.05) is 11.9 Å². The van der Waals surface area contributed by atoms with E-state index in [1.165, 1.54) is 48.1 Å². The molecule has 34 heavy (non-hydrogen) atoms. The van der Waals surface area contributed by atoms with Gasteiger partial charge in [-0.05, 0) is 43.0 Å². The summed E-state index contributed by atoms with van der Waals surface area (Å²) in [7, 11) is 0. The highest BCUT2D eigenvalue weighted by Crippen LogP contribution is 2.29. The molecule has 1 unspecified atom stereocenters. The van der Waals surface area contributed by atoms with E-state index in [4.69, 9.17) is 0 Å². The molecule has 2 N–H and O–H groups in total. The number of imide groups is 1. The molecule has 0 bridgehead atoms. The molecule has 1 aliphatic heterocycles. The van der Waals surface area contributed by atoms with Gasteiger partial charge in [0, 0.05) is 10.9 Å². The average molecular weight is 481 g/mol. The van der Waals surface area contributed by atoms with Crippen LogP contribution in [0.5, 0.6) is 0 Å². The van der Waals surface area contributed by atoms with Crippen LogP contribution in [0.15, 0.2) is 53.9 Å². The predicted octanol–water partition coefficient (Wildman–Crippen LogP) is 4.70. The average Bonchev–Trinajstić information content (AvgIpc) is 3.37. The Labute approximate surface area is 201 Å². The number of aromatic nitrogens is 1. The van der Waals surface area contributed by atoms with E-state index in [-0.39, 0.29) is 0 Å². The smallest absolute Gasteiger partial charge is 0.319 e. The molecule has 2 aromatic carbocycles. The highest BCUT2D eigenvalue weighted by molar-refractivity contribution is 7.14. The molecule has 1 saturated heterocycles. The number of anilines is 1. The maximum atomic E-state index is 13.3. The molecule has 3 aromatic rings. The Morgan fingerprint density at radius 3 is 2.53 bits per heavy atom. The number of thiazole rings is 1. The minimum absolute atomic E-state index is 0.378. The first kappa shape index (κ1) is 23.6. The molecule has 0 aliphatic carbocycles. The van der Waals surface area contributed by atoms with E-state index in [2.05, 4.69) is 34.7 Å². The van der Waals surface area contributed by atoms with Crippen molar-refractivity contribution in [2.24, 2.45) is 0 Å². The molecule has 9 heteroatoms. The van der Waals surface area contributed by atoms with E-state index in [1.807, 2.05) is 17.5 Å². The molecule has 4 rings (SSSR count). The van der Waals surface area contributed by atoms with Gasteiger partial charge >= 0.3 is 6.03 Å². The Hall–Kier alpha value is -3.59. The van der Waals surface area contributed by atoms with Gasteiger partial charge in [-0.3, -0.25) is 14.5 Å². The highest BCUT2D eigenvalue weighted by Gasteiger charge is 2.49. The summed E-state index contributed by atoms with van der Waals surface area (Å²) in [4.78, 5) is 43.3. The predicted molar refractivity (Wildman–Crippen MR) is 129 cm³/mol. The van der Waals surface area contributed by atoms with Gasteiger partial charge in [-0.1, -0.05) is 49.7 Å². The number of amides is 4. The highest BCUT2D eigenvalue weighted by atomic mass is 32.1. The molecule has 0 saturated carbocycles. The summed E-state index contributed by atoms with van der Waals surface area (Å²) in [5.74, 6) is -1.57. The SMILES string of the molecule is CCCCc1ccc(-c2csc(NC(=O)CN3C(=O)NC(C)(c4ccc(F)cc4)C3=O)n2)cc1. The van der Waals surface area contributed by atoms with Gasteiger partial charge in [-0.15, -0.1) is 11.3 Å². The second kappa shape index (κ2) is 9.72. The molecule has 1 aliphatic rings. The van der Waals surface area contributed by atoms with Gasteiger partial charge in [-0.2, -0.15) is 0 Å². The standard InChI is InChI=1S/C25H25FN4O3S/c1-3-4-5-16-6-8-17(9-7-16)20-15-34-23(27-20)28-21(31)14-30-22(32)25(2,29-24(30)33)18-10-12-19(26)13-11-18/h6-13,15H,3-5,14H2,1-2H3,(H,29,33)(H,27,28,31). The quantitative estimate of drug-likeness (QED) is 0.457. The number of urea groups is 1. The molecule has 4 amide bonds. The molecule has 176 valence electrons. The number of benzene rings is 2. The first-order chi connectivity index (χ1) is 16.3. The van der Waals surface area contributed by atoms with Crippen LogP contribution in [0.25, 0.3) is 11.3 Å². The summed E-state index contributed by atoms with van der Waals surface area (Å²) in [6.45, 7) is 3.23. The van der Waals surface area contributed by atoms with Gasteiger partial charge in [0.15, 0.2) is 5.13 Å². The van der Waals surface area contributed by atoms with E-state index in [1.54, 1.807) is 0 Å². The molecular weight excluding hydrogens is 455 g/mol. The van der Waals surface area contributed by atoms with Crippen molar-refractivity contribution < 1.29 is 18.8 Å². The van der Waals surface area contributed by atoms with Crippen molar-refractivity contribution in [2.45, 2.75) is 38.6 Å². The van der Waals surface area contributed by atoms with Crippen LogP contribution in [0.3, 0.4) is 0 Å². The number of carbonyl (C=O) groups excluding carboxylic acids is 3. The van der Waals surface area contributed by atoms with Crippen LogP contribution in [0.2, 0.25) is 0 Å². The number of carbonyl (C=O) groups is 3. The Balaban J connectivity index is 1.39. The number of hydrogen-bond donors (Lipinski definition) is 2. The van der Waals surface area contributed by atoms with E-state index < -0.39 is 35.7 Å². The van der Waals surface area contributed by atoms with E-state index >= 15 is 0 Å². The van der Waals surface area contributed by atoms with Crippen LogP contribution in [0, 0.1) is 5.82 Å². The lowest BCUT2D eigenvalue weighted by Gasteiger charge is -2.22. The van der Waals surface area contributed by atoms with Crippen molar-refractivity contribution in [3.05, 3.63) is 70.9 Å². The number of aryl methyl sites for hydroxylation is 1. The van der Waals surface area contributed by atoms with Gasteiger partial charge in [0.05, 0.1) is 5.69 Å². The lowest BCUT2D eigenvalue weighted by atomic mass is 9.92. The number of nitrogens with zero attached hydrogens (tertiary/aromatic N) is 2. The monoisotopic (exact) mass is 480 g/mol. The number of nitrogens with one attached hydrogen (secondary N) is 2. The van der Waals surface area contributed by atoms with Gasteiger partial charge < -0.3 is 10.6 Å². The van der Waals surface area contributed by atoms with Gasteiger partial charge in [-0.25, -0.2) is 14.2 Å². The molecule has 7 nitrogen and oxygen atoms in total. The van der Waals surface area contributed by atoms with E-state index in [0.29, 0.717) is 10.7 Å². The molecular formula is C25H25FN4O3S. The number of halogens is 1. The van der Waals surface area contributed by atoms with Gasteiger partial charge in [0.2, 0.25) is 5.91 Å². The number of unbranched alkanes of at least 4 members (excludes halogenated alkanes) is 1. The lowest BCUT2D eigenvalue weighted by Crippen LogP contribution is -2.42. The van der Waals surface area contributed by atoms with Gasteiger partial charge in [0.25, 0.3) is 5.91 Å². The van der Waals surface area contributed by atoms with Crippen molar-refractivity contribution >= 4 is 34.3 Å². The lowest BCUT2D eigenvalue weighted by molar-refractivity contribution is -0.133. The fourth-order valence-corrected chi connectivity index (χ4v) is 4.54. The van der Waals surface area contributed by atoms with Crippen molar-refractivity contribution in [1.29, 1.82) is 0 Å². The molecule has 0 spiro atoms. The molecule has 1 atom stereocenters. The van der Waals surface area contributed by atoms with Crippen molar-refractivity contribution in [1.82, 2.24) is 15.2 Å². The molecule has 2 heterocycles. The number of rotatable bonds is 8. The van der Waals surface area contributed by atoms with Crippen molar-refractivity contribution in [3.8, 4) is 11.3 Å². The Kier molecular flexibility index (Phi) is 6.74. The van der Waals surface area contributed by atoms with Crippen molar-refractivity contribution in [3.63, 3.8) is 0 Å². The normalized spacial score (nSPS) is 17.7. The minimum Gasteiger partial charge on any atom is -0.319 e. The van der Waals surface area contributed by atoms with E-state index in [0.717, 1.165) is 35.4 Å². The zero-order valence-corrected chi connectivity index (χ0v) is 19.7. The molecule has 0 radical (unpaired) electrons. The fraction of sp³-hybridized carbons (Fsp3) is 0.280. The van der Waals surface area contributed by atoms with Gasteiger partial charge in [0.1, 0.15) is 17.9 Å². The topological polar surface area (TPSA) is 91.4 Å². The summed E-state index contributed by atoms with van der Waals surface area (Å²) >= 11 is 1.27. The summed E-state index contributed by atoms with van der Waals surface area (Å²) in [6.07, 6.45) is 3.33. The summed E-state index contributed by atoms with van der Waals surface area (Å²) in [5, 5.41) is 7.48. The molecule has 1 aromatic heterocycles. The summed E-state index contributed by atoms with van der Waals surface area (Å²) in [6, 6.07) is 12.8. The first-order valence-corrected chi connectivity index (χ1v) is 11.9. The Morgan fingerprint density at radius 2 is 1.85 bits per heavy atom. The Bertz CT molecular complexity index is 1210. The van der Waals surface area contributed by atoms with Crippen LogP contribution < -0.4 is 10.6 Å². The van der Waals surface area contributed by atoms with Crippen LogP contribution >= 0.6 is 11.3 Å². The summed E-state index contributed by atoms with van der Waals surface area (Å²) in [5.41, 5.74) is 2.02. The third-order valence-corrected chi connectivity index (χ3v) is 6.58. The van der Waals surface area contributed by atoms with Crippen LogP contribution in [0.1, 0.15) is 37.8 Å². The number of hydrogen-bond acceptors (Lipinski definition) is 5. The zero-order valence-electron chi connectivity index (χ0n) is 18.9. The second-order valence-corrected chi connectivity index (χ2v) is 9.20. The third-order valence-electron chi connectivity index (χ3n) is 5.82. The molecule has 1 fully saturated rings. The summed E-state index contributed by atoms with van der Waals surface area (Å²) < 4.78 is 13.3. The largest absolute Gasteiger partial charge is 0.325 e. The first-order valence-electron chi connectivity index (χ1n) is 11.0. The maximum Gasteiger partial charge on any atom is 0.325 e. The second-order valence-electron chi connectivity index (χ2n) is 8.34. The zero-order chi connectivity index (χ0) is 24.3. The van der Waals surface area contributed by atoms with Crippen LogP contribution in [0.4, 0.5) is 14.3 Å². The fourth-order valence-electron chi connectivity index (χ4n) is 3.81. The van der Waals surface area contributed by atoms with Crippen LogP contribution in [-0.4, -0.2) is 34.3 Å².